The van der Waals surface area contributed by atoms with Crippen molar-refractivity contribution in [1.82, 2.24) is 5.32 Å². The Morgan fingerprint density at radius 1 is 0.914 bits per heavy atom. The van der Waals surface area contributed by atoms with Crippen LogP contribution in [0.1, 0.15) is 24.0 Å². The number of carbonyl (C=O) groups is 1. The van der Waals surface area contributed by atoms with Gasteiger partial charge >= 0.3 is 6.09 Å². The molecule has 3 aromatic carbocycles. The zero-order chi connectivity index (χ0) is 25.1. The summed E-state index contributed by atoms with van der Waals surface area (Å²) in [7, 11) is -2.65. The lowest BCUT2D eigenvalue weighted by Crippen LogP contribution is -2.36. The van der Waals surface area contributed by atoms with Gasteiger partial charge in [0.25, 0.3) is 0 Å². The summed E-state index contributed by atoms with van der Waals surface area (Å²) in [6, 6.07) is 25.2. The second-order valence-electron chi connectivity index (χ2n) is 7.97. The highest BCUT2D eigenvalue weighted by atomic mass is 31.2. The Labute approximate surface area is 204 Å². The Balaban J connectivity index is 1.68. The van der Waals surface area contributed by atoms with E-state index < -0.39 is 25.5 Å². The lowest BCUT2D eigenvalue weighted by Gasteiger charge is -2.25. The third kappa shape index (κ3) is 8.85. The molecule has 35 heavy (non-hydrogen) atoms. The molecule has 3 rings (SSSR count). The molecule has 9 heteroatoms. The lowest BCUT2D eigenvalue weighted by atomic mass is 10.2. The van der Waals surface area contributed by atoms with Gasteiger partial charge in [0, 0.05) is 13.5 Å². The van der Waals surface area contributed by atoms with E-state index in [1.165, 1.54) is 7.11 Å². The first-order chi connectivity index (χ1) is 16.9. The van der Waals surface area contributed by atoms with Gasteiger partial charge in [0.1, 0.15) is 23.9 Å². The highest BCUT2D eigenvalue weighted by molar-refractivity contribution is 7.57. The second kappa shape index (κ2) is 13.1. The molecule has 3 atom stereocenters. The van der Waals surface area contributed by atoms with Crippen LogP contribution in [0.5, 0.6) is 11.5 Å². The number of hydrogen-bond donors (Lipinski definition) is 3. The number of nitrogens with one attached hydrogen (secondary N) is 1. The van der Waals surface area contributed by atoms with E-state index in [0.717, 1.165) is 5.56 Å². The number of ether oxygens (including phenoxy) is 3. The summed E-state index contributed by atoms with van der Waals surface area (Å²) in [5.41, 5.74) is 1.36. The summed E-state index contributed by atoms with van der Waals surface area (Å²) >= 11 is 0. The fraction of sp³-hybridized carbons (Fsp3) is 0.269. The zero-order valence-electron chi connectivity index (χ0n) is 19.4. The largest absolute Gasteiger partial charge is 0.457 e. The molecule has 3 N–H and O–H groups in total. The van der Waals surface area contributed by atoms with Gasteiger partial charge in [-0.25, -0.2) is 4.79 Å². The molecule has 0 saturated carbocycles. The van der Waals surface area contributed by atoms with E-state index in [0.29, 0.717) is 17.1 Å². The minimum Gasteiger partial charge on any atom is -0.457 e. The number of benzene rings is 3. The number of hydrogen-bond acceptors (Lipinski definition) is 6. The van der Waals surface area contributed by atoms with Crippen LogP contribution in [0.25, 0.3) is 0 Å². The molecule has 0 heterocycles. The Morgan fingerprint density at radius 3 is 2.23 bits per heavy atom. The Morgan fingerprint density at radius 2 is 1.54 bits per heavy atom. The molecule has 3 aromatic rings. The number of amides is 1. The van der Waals surface area contributed by atoms with E-state index in [2.05, 4.69) is 5.32 Å². The van der Waals surface area contributed by atoms with E-state index in [-0.39, 0.29) is 25.6 Å². The van der Waals surface area contributed by atoms with Crippen LogP contribution in [-0.4, -0.2) is 35.3 Å². The van der Waals surface area contributed by atoms with Crippen LogP contribution in [-0.2, 0) is 26.8 Å². The molecule has 0 aromatic heterocycles. The molecule has 0 fully saturated rings. The number of carbonyl (C=O) groups excluding carboxylic acids is 1. The molecule has 186 valence electrons. The predicted octanol–water partition coefficient (Wildman–Crippen LogP) is 5.25. The van der Waals surface area contributed by atoms with Gasteiger partial charge in [0.05, 0.1) is 6.16 Å². The smallest absolute Gasteiger partial charge is 0.408 e. The van der Waals surface area contributed by atoms with E-state index in [1.807, 2.05) is 48.5 Å². The second-order valence-corrected chi connectivity index (χ2v) is 10.4. The van der Waals surface area contributed by atoms with Crippen molar-refractivity contribution >= 4 is 13.5 Å². The maximum atomic E-state index is 13.4. The average Bonchev–Trinajstić information content (AvgIpc) is 2.86. The summed E-state index contributed by atoms with van der Waals surface area (Å²) < 4.78 is 29.3. The summed E-state index contributed by atoms with van der Waals surface area (Å²) in [5.74, 6) is 0.0237. The Bertz CT molecular complexity index is 1110. The molecule has 0 radical (unpaired) electrons. The van der Waals surface area contributed by atoms with Gasteiger partial charge in [-0.2, -0.15) is 0 Å². The number of alkyl carbamates (subject to hydrolysis) is 1. The first kappa shape index (κ1) is 26.4. The van der Waals surface area contributed by atoms with Crippen LogP contribution in [0.15, 0.2) is 84.9 Å². The van der Waals surface area contributed by atoms with Crippen molar-refractivity contribution in [2.75, 3.05) is 7.11 Å². The van der Waals surface area contributed by atoms with Crippen molar-refractivity contribution in [2.24, 2.45) is 0 Å². The highest BCUT2D eigenvalue weighted by Gasteiger charge is 2.33. The first-order valence-corrected chi connectivity index (χ1v) is 13.1. The lowest BCUT2D eigenvalue weighted by molar-refractivity contribution is -0.0794. The van der Waals surface area contributed by atoms with Crippen molar-refractivity contribution in [2.45, 2.75) is 37.7 Å². The molecular weight excluding hydrogens is 469 g/mol. The van der Waals surface area contributed by atoms with E-state index in [1.54, 1.807) is 36.4 Å². The average molecular weight is 500 g/mol. The van der Waals surface area contributed by atoms with Crippen molar-refractivity contribution in [3.63, 3.8) is 0 Å². The van der Waals surface area contributed by atoms with Gasteiger partial charge in [-0.1, -0.05) is 60.7 Å². The predicted molar refractivity (Wildman–Crippen MR) is 132 cm³/mol. The van der Waals surface area contributed by atoms with Crippen LogP contribution in [0.3, 0.4) is 0 Å². The van der Waals surface area contributed by atoms with Gasteiger partial charge in [-0.3, -0.25) is 4.57 Å². The van der Waals surface area contributed by atoms with Gasteiger partial charge in [0.2, 0.25) is 7.37 Å². The van der Waals surface area contributed by atoms with Gasteiger partial charge in [0.15, 0.2) is 6.29 Å². The standard InChI is InChI=1S/C26H30NO7P/c1-32-25(28)16-15-24(27-26(29)33-18-20-9-4-2-5-10-20)35(30,31)19-21-11-8-14-23(17-21)34-22-12-6-3-7-13-22/h2-14,17,24-25,28H,15-16,18-19H2,1H3,(H,27,29)(H,30,31). The summed E-state index contributed by atoms with van der Waals surface area (Å²) in [4.78, 5) is 23.4. The van der Waals surface area contributed by atoms with Crippen LogP contribution in [0.2, 0.25) is 0 Å². The molecule has 0 spiro atoms. The van der Waals surface area contributed by atoms with E-state index in [9.17, 15) is 19.4 Å². The van der Waals surface area contributed by atoms with Crippen molar-refractivity contribution in [3.8, 4) is 11.5 Å². The molecule has 0 aliphatic carbocycles. The number of methoxy groups -OCH3 is 1. The number of rotatable bonds is 12. The number of aliphatic hydroxyl groups is 1. The number of aliphatic hydroxyl groups excluding tert-OH is 1. The van der Waals surface area contributed by atoms with Crippen molar-refractivity contribution in [3.05, 3.63) is 96.1 Å². The first-order valence-electron chi connectivity index (χ1n) is 11.2. The molecule has 8 nitrogen and oxygen atoms in total. The molecule has 0 aliphatic rings. The molecule has 0 aliphatic heterocycles. The van der Waals surface area contributed by atoms with Gasteiger partial charge in [-0.05, 0) is 41.8 Å². The minimum absolute atomic E-state index is 0.0173. The Hall–Kier alpha value is -3.16. The normalized spacial score (nSPS) is 14.4. The van der Waals surface area contributed by atoms with Gasteiger partial charge < -0.3 is 29.5 Å². The number of para-hydroxylation sites is 1. The van der Waals surface area contributed by atoms with Crippen LogP contribution in [0, 0.1) is 0 Å². The van der Waals surface area contributed by atoms with Crippen LogP contribution < -0.4 is 10.1 Å². The summed E-state index contributed by atoms with van der Waals surface area (Å²) in [6.07, 6.45) is -2.07. The van der Waals surface area contributed by atoms with Crippen LogP contribution in [0.4, 0.5) is 4.79 Å². The minimum atomic E-state index is -3.98. The fourth-order valence-corrected chi connectivity index (χ4v) is 5.20. The summed E-state index contributed by atoms with van der Waals surface area (Å²) in [6.45, 7) is 0.0225. The molecule has 1 amide bonds. The SMILES string of the molecule is COC(O)CCC(NC(=O)OCc1ccccc1)P(=O)(O)Cc1cccc(Oc2ccccc2)c1. The van der Waals surface area contributed by atoms with Crippen molar-refractivity contribution < 1.29 is 33.6 Å². The maximum absolute atomic E-state index is 13.4. The Kier molecular flexibility index (Phi) is 9.87. The van der Waals surface area contributed by atoms with Crippen molar-refractivity contribution in [1.29, 1.82) is 0 Å². The van der Waals surface area contributed by atoms with Crippen LogP contribution >= 0.6 is 7.37 Å². The zero-order valence-corrected chi connectivity index (χ0v) is 20.3. The fourth-order valence-electron chi connectivity index (χ4n) is 3.40. The molecule has 0 saturated heterocycles. The van der Waals surface area contributed by atoms with E-state index in [4.69, 9.17) is 14.2 Å². The molecule has 0 bridgehead atoms. The summed E-state index contributed by atoms with van der Waals surface area (Å²) in [5, 5.41) is 12.3. The monoisotopic (exact) mass is 499 g/mol. The van der Waals surface area contributed by atoms with E-state index >= 15 is 0 Å². The molecular formula is C26H30NO7P. The maximum Gasteiger partial charge on any atom is 0.408 e. The van der Waals surface area contributed by atoms with Gasteiger partial charge in [-0.15, -0.1) is 0 Å². The quantitative estimate of drug-likeness (QED) is 0.230. The third-order valence-corrected chi connectivity index (χ3v) is 7.41. The molecule has 3 unspecified atom stereocenters. The third-order valence-electron chi connectivity index (χ3n) is 5.23. The highest BCUT2D eigenvalue weighted by Crippen LogP contribution is 2.50. The topological polar surface area (TPSA) is 114 Å².